The molecule has 0 bridgehead atoms. The van der Waals surface area contributed by atoms with E-state index in [0.717, 1.165) is 44.2 Å². The highest BCUT2D eigenvalue weighted by Gasteiger charge is 2.13. The van der Waals surface area contributed by atoms with Crippen LogP contribution in [0.3, 0.4) is 0 Å². The third-order valence-electron chi connectivity index (χ3n) is 6.11. The quantitative estimate of drug-likeness (QED) is 0.159. The van der Waals surface area contributed by atoms with Gasteiger partial charge in [0, 0.05) is 25.0 Å². The summed E-state index contributed by atoms with van der Waals surface area (Å²) in [5, 5.41) is 4.37. The number of methoxy groups -OCH3 is 2. The van der Waals surface area contributed by atoms with Crippen molar-refractivity contribution in [2.45, 2.75) is 26.4 Å². The highest BCUT2D eigenvalue weighted by atomic mass is 16.7. The van der Waals surface area contributed by atoms with Crippen molar-refractivity contribution in [1.82, 2.24) is 0 Å². The largest absolute Gasteiger partial charge is 0.491 e. The highest BCUT2D eigenvalue weighted by Crippen LogP contribution is 2.40. The van der Waals surface area contributed by atoms with Gasteiger partial charge in [-0.2, -0.15) is 0 Å². The molecule has 0 aliphatic heterocycles. The number of fused-ring (bicyclic) bond motifs is 2. The molecule has 0 radical (unpaired) electrons. The number of hydrogen-bond acceptors (Lipinski definition) is 6. The minimum Gasteiger partial charge on any atom is -0.491 e. The van der Waals surface area contributed by atoms with Crippen molar-refractivity contribution in [2.24, 2.45) is 0 Å². The molecule has 36 heavy (non-hydrogen) atoms. The molecule has 0 fully saturated rings. The van der Waals surface area contributed by atoms with Crippen LogP contribution in [0.4, 0.5) is 0 Å². The summed E-state index contributed by atoms with van der Waals surface area (Å²) in [4.78, 5) is 0. The predicted molar refractivity (Wildman–Crippen MR) is 143 cm³/mol. The summed E-state index contributed by atoms with van der Waals surface area (Å²) in [5.74, 6) is 1.66. The number of benzene rings is 4. The van der Waals surface area contributed by atoms with E-state index in [1.54, 1.807) is 14.2 Å². The molecule has 0 saturated carbocycles. The summed E-state index contributed by atoms with van der Waals surface area (Å²) in [7, 11) is 3.25. The normalized spacial score (nSPS) is 13.1. The number of ether oxygens (including phenoxy) is 6. The van der Waals surface area contributed by atoms with Crippen molar-refractivity contribution in [3.8, 4) is 22.6 Å². The Balaban J connectivity index is 1.61. The van der Waals surface area contributed by atoms with Crippen LogP contribution in [-0.4, -0.2) is 53.2 Å². The summed E-state index contributed by atoms with van der Waals surface area (Å²) in [6.07, 6.45) is -0.510. The Labute approximate surface area is 212 Å². The lowest BCUT2D eigenvalue weighted by Gasteiger charge is -2.17. The standard InChI is InChI=1S/C30H34O6/c1-21(31-3)33-17-19-35-29-15-13-25(23-9-5-7-11-27(23)29)26-14-16-30(28-12-8-6-10-24(26)28)36-20-18-34-22(2)32-4/h5-16,21-22H,17-20H2,1-4H3. The summed E-state index contributed by atoms with van der Waals surface area (Å²) >= 11 is 0. The van der Waals surface area contributed by atoms with E-state index in [1.807, 2.05) is 38.1 Å². The first-order chi connectivity index (χ1) is 17.6. The van der Waals surface area contributed by atoms with Gasteiger partial charge in [0.05, 0.1) is 13.2 Å². The van der Waals surface area contributed by atoms with Gasteiger partial charge in [-0.3, -0.25) is 0 Å². The van der Waals surface area contributed by atoms with E-state index in [2.05, 4.69) is 48.5 Å². The van der Waals surface area contributed by atoms with Crippen LogP contribution in [0.25, 0.3) is 32.7 Å². The summed E-state index contributed by atoms with van der Waals surface area (Å²) in [6, 6.07) is 24.9. The third-order valence-corrected chi connectivity index (χ3v) is 6.11. The zero-order valence-corrected chi connectivity index (χ0v) is 21.4. The van der Waals surface area contributed by atoms with Crippen LogP contribution in [0.2, 0.25) is 0 Å². The maximum absolute atomic E-state index is 6.07. The van der Waals surface area contributed by atoms with Crippen LogP contribution in [-0.2, 0) is 18.9 Å². The van der Waals surface area contributed by atoms with Crippen LogP contribution >= 0.6 is 0 Å². The first-order valence-electron chi connectivity index (χ1n) is 12.2. The van der Waals surface area contributed by atoms with Crippen LogP contribution in [0.5, 0.6) is 11.5 Å². The van der Waals surface area contributed by atoms with Gasteiger partial charge in [-0.25, -0.2) is 0 Å². The lowest BCUT2D eigenvalue weighted by atomic mass is 9.93. The molecule has 2 unspecified atom stereocenters. The van der Waals surface area contributed by atoms with Crippen LogP contribution < -0.4 is 9.47 Å². The molecule has 6 nitrogen and oxygen atoms in total. The monoisotopic (exact) mass is 490 g/mol. The minimum absolute atomic E-state index is 0.255. The van der Waals surface area contributed by atoms with E-state index in [1.165, 1.54) is 0 Å². The Morgan fingerprint density at radius 3 is 1.28 bits per heavy atom. The summed E-state index contributed by atoms with van der Waals surface area (Å²) < 4.78 is 33.5. The molecule has 0 aliphatic carbocycles. The number of rotatable bonds is 13. The van der Waals surface area contributed by atoms with E-state index in [4.69, 9.17) is 28.4 Å². The SMILES string of the molecule is COC(C)OCCOc1ccc(-c2ccc(OCCOC(C)OC)c3ccccc23)c2ccccc12. The molecular weight excluding hydrogens is 456 g/mol. The predicted octanol–water partition coefficient (Wildman–Crippen LogP) is 6.44. The van der Waals surface area contributed by atoms with Gasteiger partial charge in [0.25, 0.3) is 0 Å². The van der Waals surface area contributed by atoms with Crippen molar-refractivity contribution in [3.05, 3.63) is 72.8 Å². The van der Waals surface area contributed by atoms with E-state index < -0.39 is 0 Å². The summed E-state index contributed by atoms with van der Waals surface area (Å²) in [6.45, 7) is 5.51. The van der Waals surface area contributed by atoms with Crippen molar-refractivity contribution >= 4 is 21.5 Å². The minimum atomic E-state index is -0.255. The van der Waals surface area contributed by atoms with Gasteiger partial charge in [0.1, 0.15) is 24.7 Å². The molecule has 6 heteroatoms. The Morgan fingerprint density at radius 2 is 0.889 bits per heavy atom. The fourth-order valence-corrected chi connectivity index (χ4v) is 4.13. The molecule has 0 heterocycles. The van der Waals surface area contributed by atoms with Gasteiger partial charge in [-0.15, -0.1) is 0 Å². The Morgan fingerprint density at radius 1 is 0.500 bits per heavy atom. The zero-order chi connectivity index (χ0) is 25.3. The van der Waals surface area contributed by atoms with Crippen molar-refractivity contribution in [2.75, 3.05) is 40.6 Å². The second kappa shape index (κ2) is 12.7. The first-order valence-corrected chi connectivity index (χ1v) is 12.2. The molecule has 0 aliphatic rings. The number of hydrogen-bond donors (Lipinski definition) is 0. The fourth-order valence-electron chi connectivity index (χ4n) is 4.13. The van der Waals surface area contributed by atoms with E-state index in [-0.39, 0.29) is 12.6 Å². The Bertz CT molecular complexity index is 1170. The van der Waals surface area contributed by atoms with Gasteiger partial charge in [0.15, 0.2) is 12.6 Å². The van der Waals surface area contributed by atoms with Gasteiger partial charge in [0.2, 0.25) is 0 Å². The smallest absolute Gasteiger partial charge is 0.154 e. The van der Waals surface area contributed by atoms with Gasteiger partial charge in [-0.1, -0.05) is 60.7 Å². The van der Waals surface area contributed by atoms with Gasteiger partial charge in [-0.05, 0) is 47.9 Å². The third kappa shape index (κ3) is 6.15. The van der Waals surface area contributed by atoms with E-state index >= 15 is 0 Å². The fraction of sp³-hybridized carbons (Fsp3) is 0.333. The molecule has 4 aromatic rings. The average Bonchev–Trinajstić information content (AvgIpc) is 2.93. The molecule has 0 aromatic heterocycles. The second-order valence-corrected chi connectivity index (χ2v) is 8.36. The lowest BCUT2D eigenvalue weighted by molar-refractivity contribution is -0.115. The van der Waals surface area contributed by atoms with Gasteiger partial charge >= 0.3 is 0 Å². The molecule has 4 rings (SSSR count). The first kappa shape index (κ1) is 25.9. The van der Waals surface area contributed by atoms with E-state index in [9.17, 15) is 0 Å². The molecular formula is C30H34O6. The van der Waals surface area contributed by atoms with Crippen molar-refractivity contribution in [1.29, 1.82) is 0 Å². The molecule has 2 atom stereocenters. The molecule has 0 amide bonds. The second-order valence-electron chi connectivity index (χ2n) is 8.36. The Hall–Kier alpha value is -3.16. The van der Waals surface area contributed by atoms with Crippen LogP contribution in [0.15, 0.2) is 72.8 Å². The average molecular weight is 491 g/mol. The zero-order valence-electron chi connectivity index (χ0n) is 21.4. The lowest BCUT2D eigenvalue weighted by Crippen LogP contribution is -2.15. The van der Waals surface area contributed by atoms with Gasteiger partial charge < -0.3 is 28.4 Å². The molecule has 0 spiro atoms. The molecule has 190 valence electrons. The topological polar surface area (TPSA) is 55.4 Å². The van der Waals surface area contributed by atoms with Crippen molar-refractivity contribution < 1.29 is 28.4 Å². The maximum atomic E-state index is 6.07. The van der Waals surface area contributed by atoms with E-state index in [0.29, 0.717) is 26.4 Å². The van der Waals surface area contributed by atoms with Crippen molar-refractivity contribution in [3.63, 3.8) is 0 Å². The Kier molecular flexibility index (Phi) is 9.14. The molecule has 0 saturated heterocycles. The van der Waals surface area contributed by atoms with Crippen LogP contribution in [0, 0.1) is 0 Å². The molecule has 4 aromatic carbocycles. The highest BCUT2D eigenvalue weighted by molar-refractivity contribution is 6.08. The maximum Gasteiger partial charge on any atom is 0.154 e. The summed E-state index contributed by atoms with van der Waals surface area (Å²) in [5.41, 5.74) is 2.28. The van der Waals surface area contributed by atoms with Crippen LogP contribution in [0.1, 0.15) is 13.8 Å². The molecule has 0 N–H and O–H groups in total.